The molecular formula is C14H23BN2O2. The van der Waals surface area contributed by atoms with Gasteiger partial charge in [0.1, 0.15) is 0 Å². The number of hydrogen-bond donors (Lipinski definition) is 2. The molecule has 0 spiro atoms. The van der Waals surface area contributed by atoms with Gasteiger partial charge in [0, 0.05) is 31.7 Å². The zero-order chi connectivity index (χ0) is 14.0. The van der Waals surface area contributed by atoms with Crippen molar-refractivity contribution < 1.29 is 10.0 Å². The number of hydrogen-bond acceptors (Lipinski definition) is 4. The van der Waals surface area contributed by atoms with E-state index in [1.54, 1.807) is 6.07 Å². The Morgan fingerprint density at radius 3 is 2.53 bits per heavy atom. The third-order valence-corrected chi connectivity index (χ3v) is 4.12. The number of benzene rings is 1. The summed E-state index contributed by atoms with van der Waals surface area (Å²) in [5, 5.41) is 18.8. The summed E-state index contributed by atoms with van der Waals surface area (Å²) >= 11 is 0. The van der Waals surface area contributed by atoms with Crippen LogP contribution >= 0.6 is 0 Å². The molecular weight excluding hydrogens is 239 g/mol. The Morgan fingerprint density at radius 2 is 1.89 bits per heavy atom. The Labute approximate surface area is 115 Å². The van der Waals surface area contributed by atoms with Crippen molar-refractivity contribution in [1.29, 1.82) is 0 Å². The van der Waals surface area contributed by atoms with Crippen molar-refractivity contribution in [3.63, 3.8) is 0 Å². The van der Waals surface area contributed by atoms with Crippen LogP contribution in [0.15, 0.2) is 24.3 Å². The average molecular weight is 262 g/mol. The van der Waals surface area contributed by atoms with Gasteiger partial charge >= 0.3 is 7.12 Å². The summed E-state index contributed by atoms with van der Waals surface area (Å²) in [6.07, 6.45) is 0. The molecule has 5 heteroatoms. The van der Waals surface area contributed by atoms with Crippen LogP contribution in [0.3, 0.4) is 0 Å². The van der Waals surface area contributed by atoms with Gasteiger partial charge in [0.15, 0.2) is 0 Å². The lowest BCUT2D eigenvalue weighted by Gasteiger charge is -2.45. The van der Waals surface area contributed by atoms with Crippen molar-refractivity contribution >= 4 is 12.6 Å². The predicted octanol–water partition coefficient (Wildman–Crippen LogP) is -0.108. The molecule has 1 heterocycles. The molecule has 1 saturated heterocycles. The van der Waals surface area contributed by atoms with Gasteiger partial charge < -0.3 is 10.0 Å². The van der Waals surface area contributed by atoms with E-state index in [2.05, 4.69) is 30.7 Å². The molecule has 2 N–H and O–H groups in total. The van der Waals surface area contributed by atoms with E-state index in [9.17, 15) is 10.0 Å². The molecule has 0 saturated carbocycles. The average Bonchev–Trinajstić information content (AvgIpc) is 2.34. The number of piperazine rings is 1. The maximum Gasteiger partial charge on any atom is 0.488 e. The van der Waals surface area contributed by atoms with Crippen molar-refractivity contribution in [3.8, 4) is 0 Å². The maximum atomic E-state index is 9.41. The first-order valence-electron chi connectivity index (χ1n) is 6.78. The van der Waals surface area contributed by atoms with Crippen LogP contribution in [-0.2, 0) is 6.54 Å². The van der Waals surface area contributed by atoms with Crippen LogP contribution in [0.2, 0.25) is 0 Å². The van der Waals surface area contributed by atoms with Crippen LogP contribution in [0.25, 0.3) is 0 Å². The summed E-state index contributed by atoms with van der Waals surface area (Å²) in [6, 6.07) is 7.54. The molecule has 1 fully saturated rings. The SMILES string of the molecule is CN1CCN(Cc2ccccc2B(O)O)CC1(C)C. The Bertz CT molecular complexity index is 437. The molecule has 1 aliphatic rings. The highest BCUT2D eigenvalue weighted by Crippen LogP contribution is 2.20. The van der Waals surface area contributed by atoms with Gasteiger partial charge in [0.2, 0.25) is 0 Å². The van der Waals surface area contributed by atoms with Gasteiger partial charge in [-0.05, 0) is 31.9 Å². The second-order valence-corrected chi connectivity index (χ2v) is 6.02. The summed E-state index contributed by atoms with van der Waals surface area (Å²) < 4.78 is 0. The highest BCUT2D eigenvalue weighted by atomic mass is 16.4. The summed E-state index contributed by atoms with van der Waals surface area (Å²) in [5.41, 5.74) is 1.77. The van der Waals surface area contributed by atoms with Gasteiger partial charge in [-0.15, -0.1) is 0 Å². The molecule has 0 amide bonds. The van der Waals surface area contributed by atoms with E-state index in [-0.39, 0.29) is 5.54 Å². The van der Waals surface area contributed by atoms with Crippen molar-refractivity contribution in [2.24, 2.45) is 0 Å². The fourth-order valence-corrected chi connectivity index (χ4v) is 2.65. The smallest absolute Gasteiger partial charge is 0.423 e. The van der Waals surface area contributed by atoms with E-state index in [1.807, 2.05) is 18.2 Å². The van der Waals surface area contributed by atoms with Gasteiger partial charge in [0.05, 0.1) is 0 Å². The fraction of sp³-hybridized carbons (Fsp3) is 0.571. The highest BCUT2D eigenvalue weighted by molar-refractivity contribution is 6.59. The molecule has 1 aromatic rings. The molecule has 0 aromatic heterocycles. The van der Waals surface area contributed by atoms with Crippen molar-refractivity contribution in [2.45, 2.75) is 25.9 Å². The first-order valence-corrected chi connectivity index (χ1v) is 6.78. The van der Waals surface area contributed by atoms with E-state index in [0.717, 1.165) is 31.7 Å². The Kier molecular flexibility index (Phi) is 4.31. The molecule has 1 aliphatic heterocycles. The minimum atomic E-state index is -1.39. The first kappa shape index (κ1) is 14.5. The summed E-state index contributed by atoms with van der Waals surface area (Å²) in [5.74, 6) is 0. The molecule has 4 nitrogen and oxygen atoms in total. The molecule has 1 aromatic carbocycles. The Hall–Kier alpha value is -0.875. The molecule has 0 radical (unpaired) electrons. The third-order valence-electron chi connectivity index (χ3n) is 4.12. The third kappa shape index (κ3) is 3.36. The Balaban J connectivity index is 2.10. The summed E-state index contributed by atoms with van der Waals surface area (Å²) in [6.45, 7) is 8.29. The van der Waals surface area contributed by atoms with Gasteiger partial charge in [-0.2, -0.15) is 0 Å². The fourth-order valence-electron chi connectivity index (χ4n) is 2.65. The zero-order valence-electron chi connectivity index (χ0n) is 12.0. The normalized spacial score (nSPS) is 20.5. The van der Waals surface area contributed by atoms with Gasteiger partial charge in [-0.1, -0.05) is 24.3 Å². The van der Waals surface area contributed by atoms with Crippen molar-refractivity contribution in [1.82, 2.24) is 9.80 Å². The lowest BCUT2D eigenvalue weighted by Crippen LogP contribution is -2.57. The lowest BCUT2D eigenvalue weighted by molar-refractivity contribution is 0.0361. The predicted molar refractivity (Wildman–Crippen MR) is 78.3 cm³/mol. The van der Waals surface area contributed by atoms with E-state index in [0.29, 0.717) is 5.46 Å². The van der Waals surface area contributed by atoms with Crippen LogP contribution in [0.4, 0.5) is 0 Å². The van der Waals surface area contributed by atoms with Crippen LogP contribution in [0.5, 0.6) is 0 Å². The standard InChI is InChI=1S/C14H23BN2O2/c1-14(2)11-17(9-8-16(14)3)10-12-6-4-5-7-13(12)15(18)19/h4-7,18-19H,8-11H2,1-3H3. The monoisotopic (exact) mass is 262 g/mol. The maximum absolute atomic E-state index is 9.41. The number of rotatable bonds is 3. The van der Waals surface area contributed by atoms with E-state index in [1.165, 1.54) is 0 Å². The molecule has 0 aliphatic carbocycles. The molecule has 0 bridgehead atoms. The van der Waals surface area contributed by atoms with Crippen LogP contribution in [0.1, 0.15) is 19.4 Å². The Morgan fingerprint density at radius 1 is 1.21 bits per heavy atom. The summed E-state index contributed by atoms with van der Waals surface area (Å²) in [4.78, 5) is 4.75. The quantitative estimate of drug-likeness (QED) is 0.746. The molecule has 2 rings (SSSR count). The minimum Gasteiger partial charge on any atom is -0.423 e. The number of likely N-dealkylation sites (N-methyl/N-ethyl adjacent to an activating group) is 1. The van der Waals surface area contributed by atoms with Crippen molar-refractivity contribution in [3.05, 3.63) is 29.8 Å². The zero-order valence-corrected chi connectivity index (χ0v) is 12.0. The van der Waals surface area contributed by atoms with Crippen LogP contribution in [-0.4, -0.2) is 59.2 Å². The topological polar surface area (TPSA) is 46.9 Å². The van der Waals surface area contributed by atoms with Gasteiger partial charge in [0.25, 0.3) is 0 Å². The van der Waals surface area contributed by atoms with E-state index in [4.69, 9.17) is 0 Å². The summed E-state index contributed by atoms with van der Waals surface area (Å²) in [7, 11) is 0.764. The highest BCUT2D eigenvalue weighted by Gasteiger charge is 2.31. The van der Waals surface area contributed by atoms with Crippen LogP contribution in [0, 0.1) is 0 Å². The van der Waals surface area contributed by atoms with Gasteiger partial charge in [-0.25, -0.2) is 0 Å². The molecule has 19 heavy (non-hydrogen) atoms. The minimum absolute atomic E-state index is 0.158. The lowest BCUT2D eigenvalue weighted by atomic mass is 9.77. The second-order valence-electron chi connectivity index (χ2n) is 6.02. The van der Waals surface area contributed by atoms with E-state index < -0.39 is 7.12 Å². The molecule has 0 unspecified atom stereocenters. The van der Waals surface area contributed by atoms with Crippen LogP contribution < -0.4 is 5.46 Å². The van der Waals surface area contributed by atoms with Crippen molar-refractivity contribution in [2.75, 3.05) is 26.7 Å². The second kappa shape index (κ2) is 5.63. The van der Waals surface area contributed by atoms with Gasteiger partial charge in [-0.3, -0.25) is 9.80 Å². The molecule has 0 atom stereocenters. The van der Waals surface area contributed by atoms with E-state index >= 15 is 0 Å². The first-order chi connectivity index (χ1) is 8.90. The number of nitrogens with zero attached hydrogens (tertiary/aromatic N) is 2. The molecule has 104 valence electrons. The largest absolute Gasteiger partial charge is 0.488 e.